The molecule has 0 fully saturated rings. The Morgan fingerprint density at radius 3 is 2.26 bits per heavy atom. The van der Waals surface area contributed by atoms with Gasteiger partial charge in [-0.1, -0.05) is 50.1 Å². The van der Waals surface area contributed by atoms with Crippen LogP contribution in [0.1, 0.15) is 28.4 Å². The number of hydrogen-bond acceptors (Lipinski definition) is 3. The quantitative estimate of drug-likeness (QED) is 0.378. The molecule has 0 radical (unpaired) electrons. The molecule has 0 aromatic heterocycles. The van der Waals surface area contributed by atoms with Crippen LogP contribution in [0.15, 0.2) is 81.7 Å². The molecule has 0 unspecified atom stereocenters. The van der Waals surface area contributed by atoms with E-state index >= 15 is 0 Å². The van der Waals surface area contributed by atoms with Gasteiger partial charge in [-0.2, -0.15) is 0 Å². The number of anilines is 1. The van der Waals surface area contributed by atoms with E-state index in [0.29, 0.717) is 12.0 Å². The molecule has 0 heterocycles. The second-order valence-electron chi connectivity index (χ2n) is 6.12. The normalized spacial score (nSPS) is 11.7. The highest BCUT2D eigenvalue weighted by Gasteiger charge is 2.18. The summed E-state index contributed by atoms with van der Waals surface area (Å²) in [5, 5.41) is 3.49. The predicted molar refractivity (Wildman–Crippen MR) is 117 cm³/mol. The van der Waals surface area contributed by atoms with Crippen LogP contribution in [-0.2, 0) is 0 Å². The minimum atomic E-state index is -0.147. The van der Waals surface area contributed by atoms with Gasteiger partial charge in [0.15, 0.2) is 5.78 Å². The Balaban J connectivity index is 1.85. The van der Waals surface area contributed by atoms with Crippen molar-refractivity contribution >= 4 is 43.3 Å². The molecule has 3 nitrogen and oxygen atoms in total. The van der Waals surface area contributed by atoms with Crippen molar-refractivity contribution in [2.24, 2.45) is 0 Å². The van der Waals surface area contributed by atoms with E-state index in [9.17, 15) is 4.79 Å². The van der Waals surface area contributed by atoms with E-state index in [2.05, 4.69) is 37.2 Å². The molecule has 1 N–H and O–H groups in total. The Morgan fingerprint density at radius 2 is 1.63 bits per heavy atom. The molecule has 1 atom stereocenters. The molecule has 3 aromatic carbocycles. The van der Waals surface area contributed by atoms with Gasteiger partial charge in [0.1, 0.15) is 5.75 Å². The number of hydrogen-bond donors (Lipinski definition) is 1. The number of ketones is 1. The van der Waals surface area contributed by atoms with Crippen LogP contribution >= 0.6 is 31.9 Å². The van der Waals surface area contributed by atoms with Crippen molar-refractivity contribution in [3.05, 3.63) is 92.9 Å². The zero-order valence-electron chi connectivity index (χ0n) is 14.8. The van der Waals surface area contributed by atoms with Crippen molar-refractivity contribution in [3.63, 3.8) is 0 Å². The van der Waals surface area contributed by atoms with Gasteiger partial charge in [-0.15, -0.1) is 0 Å². The van der Waals surface area contributed by atoms with Crippen molar-refractivity contribution in [2.75, 3.05) is 12.4 Å². The number of nitrogens with one attached hydrogen (secondary N) is 1. The number of halogens is 2. The third-order valence-corrected chi connectivity index (χ3v) is 5.20. The molecular weight excluding hydrogens is 470 g/mol. The SMILES string of the molecule is COc1ccc(C(=O)C[C@H](Nc2cccc(Br)c2)c2cccc(Br)c2)cc1. The van der Waals surface area contributed by atoms with Crippen LogP contribution in [0, 0.1) is 0 Å². The van der Waals surface area contributed by atoms with Crippen LogP contribution < -0.4 is 10.1 Å². The number of carbonyl (C=O) groups is 1. The van der Waals surface area contributed by atoms with Crippen LogP contribution in [0.3, 0.4) is 0 Å². The van der Waals surface area contributed by atoms with Gasteiger partial charge in [0.05, 0.1) is 13.2 Å². The Hall–Kier alpha value is -2.11. The largest absolute Gasteiger partial charge is 0.497 e. The van der Waals surface area contributed by atoms with E-state index in [1.54, 1.807) is 19.2 Å². The topological polar surface area (TPSA) is 38.3 Å². The number of rotatable bonds is 7. The third-order valence-electron chi connectivity index (χ3n) is 4.22. The fourth-order valence-corrected chi connectivity index (χ4v) is 3.65. The lowest BCUT2D eigenvalue weighted by molar-refractivity contribution is 0.0976. The molecule has 3 rings (SSSR count). The minimum absolute atomic E-state index is 0.0742. The van der Waals surface area contributed by atoms with E-state index in [1.165, 1.54) is 0 Å². The summed E-state index contributed by atoms with van der Waals surface area (Å²) in [6.07, 6.45) is 0.343. The summed E-state index contributed by atoms with van der Waals surface area (Å²) < 4.78 is 7.14. The standard InChI is InChI=1S/C22H19Br2NO2/c1-27-20-10-8-15(9-11-20)22(26)14-21(16-4-2-5-17(23)12-16)25-19-7-3-6-18(24)13-19/h2-13,21,25H,14H2,1H3/t21-/m0/s1. The monoisotopic (exact) mass is 487 g/mol. The first-order valence-electron chi connectivity index (χ1n) is 8.50. The first kappa shape index (κ1) is 19.6. The first-order valence-corrected chi connectivity index (χ1v) is 10.1. The molecule has 0 bridgehead atoms. The van der Waals surface area contributed by atoms with Gasteiger partial charge in [-0.05, 0) is 60.2 Å². The lowest BCUT2D eigenvalue weighted by Gasteiger charge is -2.20. The maximum atomic E-state index is 12.9. The van der Waals surface area contributed by atoms with Gasteiger partial charge in [-0.3, -0.25) is 4.79 Å². The Morgan fingerprint density at radius 1 is 0.963 bits per heavy atom. The summed E-state index contributed by atoms with van der Waals surface area (Å²) in [4.78, 5) is 12.9. The first-order chi connectivity index (χ1) is 13.0. The molecule has 0 aliphatic rings. The fourth-order valence-electron chi connectivity index (χ4n) is 2.84. The summed E-state index contributed by atoms with van der Waals surface area (Å²) in [5.74, 6) is 0.812. The Labute approximate surface area is 176 Å². The van der Waals surface area contributed by atoms with Crippen molar-refractivity contribution in [1.29, 1.82) is 0 Å². The van der Waals surface area contributed by atoms with E-state index in [1.807, 2.05) is 60.7 Å². The highest BCUT2D eigenvalue weighted by molar-refractivity contribution is 9.10. The van der Waals surface area contributed by atoms with E-state index < -0.39 is 0 Å². The predicted octanol–water partition coefficient (Wildman–Crippen LogP) is 6.65. The average molecular weight is 489 g/mol. The van der Waals surface area contributed by atoms with E-state index in [4.69, 9.17) is 4.74 Å². The van der Waals surface area contributed by atoms with Gasteiger partial charge in [0.2, 0.25) is 0 Å². The molecule has 0 saturated carbocycles. The Bertz CT molecular complexity index is 926. The number of benzene rings is 3. The van der Waals surface area contributed by atoms with Crippen LogP contribution in [0.5, 0.6) is 5.75 Å². The molecule has 0 aliphatic carbocycles. The van der Waals surface area contributed by atoms with Crippen LogP contribution in [0.4, 0.5) is 5.69 Å². The van der Waals surface area contributed by atoms with Crippen LogP contribution in [0.25, 0.3) is 0 Å². The summed E-state index contributed by atoms with van der Waals surface area (Å²) in [6.45, 7) is 0. The molecule has 3 aromatic rings. The number of carbonyl (C=O) groups excluding carboxylic acids is 1. The van der Waals surface area contributed by atoms with Gasteiger partial charge < -0.3 is 10.1 Å². The molecular formula is C22H19Br2NO2. The number of ether oxygens (including phenoxy) is 1. The second-order valence-corrected chi connectivity index (χ2v) is 7.95. The highest BCUT2D eigenvalue weighted by atomic mass is 79.9. The van der Waals surface area contributed by atoms with E-state index in [0.717, 1.165) is 25.9 Å². The minimum Gasteiger partial charge on any atom is -0.497 e. The summed E-state index contributed by atoms with van der Waals surface area (Å²) >= 11 is 7.02. The number of Topliss-reactive ketones (excluding diaryl/α,β-unsaturated/α-hetero) is 1. The summed E-state index contributed by atoms with van der Waals surface area (Å²) in [6, 6.07) is 23.0. The second kappa shape index (κ2) is 9.20. The Kier molecular flexibility index (Phi) is 6.69. The highest BCUT2D eigenvalue weighted by Crippen LogP contribution is 2.28. The molecule has 27 heavy (non-hydrogen) atoms. The van der Waals surface area contributed by atoms with Gasteiger partial charge >= 0.3 is 0 Å². The zero-order chi connectivity index (χ0) is 19.2. The van der Waals surface area contributed by atoms with E-state index in [-0.39, 0.29) is 11.8 Å². The summed E-state index contributed by atoms with van der Waals surface area (Å²) in [7, 11) is 1.61. The van der Waals surface area contributed by atoms with Crippen molar-refractivity contribution in [2.45, 2.75) is 12.5 Å². The molecule has 0 amide bonds. The zero-order valence-corrected chi connectivity index (χ0v) is 18.0. The maximum absolute atomic E-state index is 12.9. The lowest BCUT2D eigenvalue weighted by atomic mass is 9.97. The molecule has 5 heteroatoms. The molecule has 138 valence electrons. The summed E-state index contributed by atoms with van der Waals surface area (Å²) in [5.41, 5.74) is 2.68. The average Bonchev–Trinajstić information content (AvgIpc) is 2.67. The number of methoxy groups -OCH3 is 1. The van der Waals surface area contributed by atoms with Crippen LogP contribution in [0.2, 0.25) is 0 Å². The molecule has 0 spiro atoms. The molecule has 0 saturated heterocycles. The van der Waals surface area contributed by atoms with Crippen molar-refractivity contribution in [3.8, 4) is 5.75 Å². The van der Waals surface area contributed by atoms with Gasteiger partial charge in [0.25, 0.3) is 0 Å². The molecule has 0 aliphatic heterocycles. The maximum Gasteiger partial charge on any atom is 0.165 e. The van der Waals surface area contributed by atoms with Crippen molar-refractivity contribution < 1.29 is 9.53 Å². The fraction of sp³-hybridized carbons (Fsp3) is 0.136. The third kappa shape index (κ3) is 5.44. The van der Waals surface area contributed by atoms with Gasteiger partial charge in [-0.25, -0.2) is 0 Å². The smallest absolute Gasteiger partial charge is 0.165 e. The van der Waals surface area contributed by atoms with Crippen LogP contribution in [-0.4, -0.2) is 12.9 Å². The van der Waals surface area contributed by atoms with Gasteiger partial charge in [0, 0.05) is 26.6 Å². The van der Waals surface area contributed by atoms with Crippen molar-refractivity contribution in [1.82, 2.24) is 0 Å². The lowest BCUT2D eigenvalue weighted by Crippen LogP contribution is -2.16.